The lowest BCUT2D eigenvalue weighted by Gasteiger charge is -2.29. The molecule has 0 aliphatic carbocycles. The van der Waals surface area contributed by atoms with Gasteiger partial charge in [-0.2, -0.15) is 0 Å². The molecule has 5 rings (SSSR count). The quantitative estimate of drug-likeness (QED) is 0.460. The van der Waals surface area contributed by atoms with Gasteiger partial charge in [0.25, 0.3) is 0 Å². The number of nitrogens with zero attached hydrogens (tertiary/aromatic N) is 3. The van der Waals surface area contributed by atoms with Crippen molar-refractivity contribution in [1.82, 2.24) is 9.47 Å². The number of benzene rings is 3. The molecular formula is C24H23N3. The van der Waals surface area contributed by atoms with Crippen molar-refractivity contribution in [3.05, 3.63) is 84.7 Å². The molecule has 3 aromatic carbocycles. The Morgan fingerprint density at radius 1 is 0.778 bits per heavy atom. The van der Waals surface area contributed by atoms with Crippen molar-refractivity contribution in [1.29, 1.82) is 0 Å². The van der Waals surface area contributed by atoms with E-state index in [0.29, 0.717) is 6.17 Å². The highest BCUT2D eigenvalue weighted by Gasteiger charge is 2.25. The molecular weight excluding hydrogens is 330 g/mol. The van der Waals surface area contributed by atoms with Gasteiger partial charge in [-0.25, -0.2) is 0 Å². The van der Waals surface area contributed by atoms with Gasteiger partial charge in [0.2, 0.25) is 0 Å². The average Bonchev–Trinajstić information content (AvgIpc) is 3.20. The second-order valence-electron chi connectivity index (χ2n) is 7.32. The zero-order valence-corrected chi connectivity index (χ0v) is 15.9. The highest BCUT2D eigenvalue weighted by molar-refractivity contribution is 6.16. The molecule has 1 aromatic heterocycles. The molecule has 0 amide bonds. The SMILES string of the molecule is Cc1ccc2c(c1N1C=CN(C)[C@@H]1C)c1ccccc1n2-c1ccccc1. The molecule has 0 spiro atoms. The maximum atomic E-state index is 2.39. The molecule has 3 nitrogen and oxygen atoms in total. The third-order valence-electron chi connectivity index (χ3n) is 5.74. The largest absolute Gasteiger partial charge is 0.359 e. The van der Waals surface area contributed by atoms with Gasteiger partial charge < -0.3 is 14.4 Å². The molecule has 0 radical (unpaired) electrons. The molecule has 0 fully saturated rings. The lowest BCUT2D eigenvalue weighted by molar-refractivity contribution is 0.383. The van der Waals surface area contributed by atoms with Crippen molar-refractivity contribution in [2.75, 3.05) is 11.9 Å². The van der Waals surface area contributed by atoms with E-state index >= 15 is 0 Å². The number of fused-ring (bicyclic) bond motifs is 3. The molecule has 1 aliphatic rings. The predicted molar refractivity (Wildman–Crippen MR) is 114 cm³/mol. The normalized spacial score (nSPS) is 16.8. The van der Waals surface area contributed by atoms with E-state index in [1.165, 1.54) is 38.7 Å². The maximum absolute atomic E-state index is 2.39. The molecule has 1 atom stereocenters. The fraction of sp³-hybridized carbons (Fsp3) is 0.167. The summed E-state index contributed by atoms with van der Waals surface area (Å²) in [6.07, 6.45) is 4.65. The molecule has 0 N–H and O–H groups in total. The number of hydrogen-bond donors (Lipinski definition) is 0. The Kier molecular flexibility index (Phi) is 3.51. The van der Waals surface area contributed by atoms with Gasteiger partial charge >= 0.3 is 0 Å². The van der Waals surface area contributed by atoms with Crippen molar-refractivity contribution in [2.24, 2.45) is 0 Å². The summed E-state index contributed by atoms with van der Waals surface area (Å²) in [5.74, 6) is 0. The molecule has 1 aliphatic heterocycles. The zero-order chi connectivity index (χ0) is 18.5. The number of rotatable bonds is 2. The van der Waals surface area contributed by atoms with Crippen molar-refractivity contribution in [3.63, 3.8) is 0 Å². The van der Waals surface area contributed by atoms with Crippen molar-refractivity contribution in [3.8, 4) is 5.69 Å². The molecule has 0 bridgehead atoms. The maximum Gasteiger partial charge on any atom is 0.102 e. The highest BCUT2D eigenvalue weighted by atomic mass is 15.4. The Balaban J connectivity index is 1.91. The van der Waals surface area contributed by atoms with Crippen LogP contribution in [0.15, 0.2) is 79.1 Å². The minimum atomic E-state index is 0.299. The van der Waals surface area contributed by atoms with E-state index in [2.05, 4.69) is 114 Å². The summed E-state index contributed by atoms with van der Waals surface area (Å²) in [5.41, 5.74) is 6.28. The number of aryl methyl sites for hydroxylation is 1. The lowest BCUT2D eigenvalue weighted by Crippen LogP contribution is -2.33. The monoisotopic (exact) mass is 353 g/mol. The van der Waals surface area contributed by atoms with Gasteiger partial charge in [-0.1, -0.05) is 42.5 Å². The van der Waals surface area contributed by atoms with Crippen molar-refractivity contribution in [2.45, 2.75) is 20.0 Å². The van der Waals surface area contributed by atoms with Gasteiger partial charge in [0.1, 0.15) is 6.17 Å². The van der Waals surface area contributed by atoms with E-state index in [0.717, 1.165) is 0 Å². The zero-order valence-electron chi connectivity index (χ0n) is 15.9. The summed E-state index contributed by atoms with van der Waals surface area (Å²) >= 11 is 0. The van der Waals surface area contributed by atoms with Gasteiger partial charge in [0, 0.05) is 35.9 Å². The first-order chi connectivity index (χ1) is 13.2. The van der Waals surface area contributed by atoms with E-state index in [-0.39, 0.29) is 0 Å². The van der Waals surface area contributed by atoms with E-state index in [4.69, 9.17) is 0 Å². The average molecular weight is 353 g/mol. The topological polar surface area (TPSA) is 11.4 Å². The van der Waals surface area contributed by atoms with Gasteiger partial charge in [-0.05, 0) is 43.7 Å². The van der Waals surface area contributed by atoms with Gasteiger partial charge in [-0.15, -0.1) is 0 Å². The van der Waals surface area contributed by atoms with Crippen LogP contribution in [-0.4, -0.2) is 22.7 Å². The number of hydrogen-bond acceptors (Lipinski definition) is 2. The van der Waals surface area contributed by atoms with E-state index in [1.807, 2.05) is 0 Å². The number of para-hydroxylation sites is 2. The van der Waals surface area contributed by atoms with Crippen molar-refractivity contribution < 1.29 is 0 Å². The molecule has 3 heteroatoms. The van der Waals surface area contributed by atoms with Crippen molar-refractivity contribution >= 4 is 27.5 Å². The first kappa shape index (κ1) is 16.0. The Morgan fingerprint density at radius 3 is 2.26 bits per heavy atom. The summed E-state index contributed by atoms with van der Waals surface area (Å²) in [6, 6.07) is 23.9. The van der Waals surface area contributed by atoms with Crippen LogP contribution in [0, 0.1) is 6.92 Å². The molecule has 0 unspecified atom stereocenters. The van der Waals surface area contributed by atoms with Gasteiger partial charge in [0.15, 0.2) is 0 Å². The fourth-order valence-electron chi connectivity index (χ4n) is 4.22. The van der Waals surface area contributed by atoms with Crippen LogP contribution in [0.1, 0.15) is 12.5 Å². The van der Waals surface area contributed by atoms with E-state index < -0.39 is 0 Å². The Labute approximate surface area is 159 Å². The third kappa shape index (κ3) is 2.28. The molecule has 2 heterocycles. The van der Waals surface area contributed by atoms with E-state index in [1.54, 1.807) is 0 Å². The molecule has 0 saturated heterocycles. The smallest absolute Gasteiger partial charge is 0.102 e. The molecule has 4 aromatic rings. The van der Waals surface area contributed by atoms with Crippen LogP contribution < -0.4 is 4.90 Å². The van der Waals surface area contributed by atoms with Crippen LogP contribution in [0.5, 0.6) is 0 Å². The van der Waals surface area contributed by atoms with E-state index in [9.17, 15) is 0 Å². The summed E-state index contributed by atoms with van der Waals surface area (Å²) in [4.78, 5) is 4.63. The van der Waals surface area contributed by atoms with Crippen LogP contribution >= 0.6 is 0 Å². The first-order valence-corrected chi connectivity index (χ1v) is 9.43. The van der Waals surface area contributed by atoms with Crippen LogP contribution in [0.3, 0.4) is 0 Å². The minimum Gasteiger partial charge on any atom is -0.359 e. The Morgan fingerprint density at radius 2 is 1.52 bits per heavy atom. The highest BCUT2D eigenvalue weighted by Crippen LogP contribution is 2.41. The first-order valence-electron chi connectivity index (χ1n) is 9.43. The molecule has 27 heavy (non-hydrogen) atoms. The second kappa shape index (κ2) is 5.92. The minimum absolute atomic E-state index is 0.299. The number of anilines is 1. The van der Waals surface area contributed by atoms with Crippen LogP contribution in [0.2, 0.25) is 0 Å². The summed E-state index contributed by atoms with van der Waals surface area (Å²) in [7, 11) is 2.13. The van der Waals surface area contributed by atoms with Crippen LogP contribution in [0.4, 0.5) is 5.69 Å². The van der Waals surface area contributed by atoms with Gasteiger partial charge in [0.05, 0.1) is 16.7 Å². The third-order valence-corrected chi connectivity index (χ3v) is 5.74. The fourth-order valence-corrected chi connectivity index (χ4v) is 4.22. The lowest BCUT2D eigenvalue weighted by atomic mass is 10.1. The summed E-state index contributed by atoms with van der Waals surface area (Å²) < 4.78 is 2.38. The predicted octanol–water partition coefficient (Wildman–Crippen LogP) is 5.66. The Bertz CT molecular complexity index is 1170. The van der Waals surface area contributed by atoms with Crippen LogP contribution in [0.25, 0.3) is 27.5 Å². The second-order valence-corrected chi connectivity index (χ2v) is 7.32. The molecule has 134 valence electrons. The molecule has 0 saturated carbocycles. The van der Waals surface area contributed by atoms with Gasteiger partial charge in [-0.3, -0.25) is 0 Å². The standard InChI is InChI=1S/C24H23N3/c1-17-13-14-22-23(24(17)26-16-15-25(3)18(26)2)20-11-7-8-12-21(20)27(22)19-9-5-4-6-10-19/h4-16,18H,1-3H3/t18-/m0/s1. The Hall–Kier alpha value is -3.20. The summed E-state index contributed by atoms with van der Waals surface area (Å²) in [5, 5.41) is 2.62. The summed E-state index contributed by atoms with van der Waals surface area (Å²) in [6.45, 7) is 4.46. The van der Waals surface area contributed by atoms with Crippen LogP contribution in [-0.2, 0) is 0 Å². The number of aromatic nitrogens is 1.